The molecule has 8 aromatic rings. The topological polar surface area (TPSA) is 47.0 Å². The fourth-order valence-corrected chi connectivity index (χ4v) is 8.94. The molecule has 0 amide bonds. The Morgan fingerprint density at radius 3 is 1.06 bits per heavy atom. The third kappa shape index (κ3) is 6.73. The van der Waals surface area contributed by atoms with Crippen molar-refractivity contribution in [2.24, 2.45) is 0 Å². The second-order valence-electron chi connectivity index (χ2n) is 13.7. The van der Waals surface area contributed by atoms with Crippen molar-refractivity contribution < 1.29 is 8.42 Å². The summed E-state index contributed by atoms with van der Waals surface area (Å²) in [5.74, 6) is -0.00728. The Kier molecular flexibility index (Phi) is 8.38. The molecule has 1 aliphatic heterocycles. The van der Waals surface area contributed by atoms with E-state index in [4.69, 9.17) is 4.98 Å². The summed E-state index contributed by atoms with van der Waals surface area (Å²) in [6, 6.07) is 64.8. The van der Waals surface area contributed by atoms with Crippen molar-refractivity contribution in [1.29, 1.82) is 0 Å². The van der Waals surface area contributed by atoms with E-state index in [0.717, 1.165) is 89.3 Å². The first kappa shape index (κ1) is 32.5. The highest BCUT2D eigenvalue weighted by atomic mass is 32.2. The van der Waals surface area contributed by atoms with Crippen LogP contribution < -0.4 is 0 Å². The van der Waals surface area contributed by atoms with Crippen LogP contribution in [0.1, 0.15) is 11.1 Å². The molecule has 2 heterocycles. The third-order valence-corrected chi connectivity index (χ3v) is 11.5. The molecule has 9 rings (SSSR count). The molecule has 0 N–H and O–H groups in total. The van der Waals surface area contributed by atoms with Crippen molar-refractivity contribution in [3.05, 3.63) is 199 Å². The normalized spacial score (nSPS) is 13.1. The van der Waals surface area contributed by atoms with Crippen LogP contribution in [-0.2, 0) is 21.3 Å². The number of aromatic nitrogens is 1. The summed E-state index contributed by atoms with van der Waals surface area (Å²) in [5, 5.41) is 0. The van der Waals surface area contributed by atoms with Gasteiger partial charge >= 0.3 is 0 Å². The molecule has 4 heteroatoms. The lowest BCUT2D eigenvalue weighted by Crippen LogP contribution is -2.05. The average Bonchev–Trinajstić information content (AvgIpc) is 3.33. The zero-order valence-corrected chi connectivity index (χ0v) is 29.8. The molecule has 0 fully saturated rings. The van der Waals surface area contributed by atoms with Crippen LogP contribution in [0.25, 0.3) is 78.1 Å². The summed E-state index contributed by atoms with van der Waals surface area (Å²) < 4.78 is 27.0. The summed E-state index contributed by atoms with van der Waals surface area (Å²) in [7, 11) is -3.38. The molecule has 0 atom stereocenters. The SMILES string of the molecule is O=S1(=O)Cc2ccc(-c3cc(-c4ccccc4)cc(-c4ccccc4)c3)cc2-c2cc(-c3cc(-c4ccccc4)nc(-c4ccccc4)c3)ccc2C1. The number of pyridine rings is 1. The van der Waals surface area contributed by atoms with Gasteiger partial charge in [-0.05, 0) is 109 Å². The number of rotatable bonds is 6. The van der Waals surface area contributed by atoms with E-state index in [1.807, 2.05) is 60.7 Å². The van der Waals surface area contributed by atoms with Crippen LogP contribution >= 0.6 is 0 Å². The largest absolute Gasteiger partial charge is 0.248 e. The van der Waals surface area contributed by atoms with Gasteiger partial charge in [0.25, 0.3) is 0 Å². The van der Waals surface area contributed by atoms with E-state index >= 15 is 0 Å². The predicted molar refractivity (Wildman–Crippen MR) is 219 cm³/mol. The number of hydrogen-bond donors (Lipinski definition) is 0. The van der Waals surface area contributed by atoms with Crippen LogP contribution in [0, 0.1) is 0 Å². The molecule has 0 saturated heterocycles. The van der Waals surface area contributed by atoms with Gasteiger partial charge in [0.15, 0.2) is 9.84 Å². The third-order valence-electron chi connectivity index (χ3n) is 10.0. The summed E-state index contributed by atoms with van der Waals surface area (Å²) in [4.78, 5) is 5.08. The minimum atomic E-state index is -3.38. The van der Waals surface area contributed by atoms with Crippen LogP contribution in [0.2, 0.25) is 0 Å². The average molecular weight is 702 g/mol. The second kappa shape index (κ2) is 13.6. The van der Waals surface area contributed by atoms with Crippen molar-refractivity contribution >= 4 is 9.84 Å². The maximum atomic E-state index is 13.5. The Morgan fingerprint density at radius 2 is 0.660 bits per heavy atom. The molecular weight excluding hydrogens is 667 g/mol. The first-order valence-corrected chi connectivity index (χ1v) is 19.6. The molecule has 0 radical (unpaired) electrons. The lowest BCUT2D eigenvalue weighted by molar-refractivity contribution is 0.595. The number of nitrogens with zero attached hydrogens (tertiary/aromatic N) is 1. The highest BCUT2D eigenvalue weighted by Crippen LogP contribution is 2.41. The zero-order valence-electron chi connectivity index (χ0n) is 29.0. The molecule has 0 spiro atoms. The minimum Gasteiger partial charge on any atom is -0.248 e. The lowest BCUT2D eigenvalue weighted by Gasteiger charge is -2.16. The van der Waals surface area contributed by atoms with Gasteiger partial charge in [-0.3, -0.25) is 0 Å². The minimum absolute atomic E-state index is 0.00247. The first-order valence-electron chi connectivity index (χ1n) is 17.8. The smallest absolute Gasteiger partial charge is 0.158 e. The Hall–Kier alpha value is -6.36. The second-order valence-corrected chi connectivity index (χ2v) is 15.7. The molecule has 3 nitrogen and oxygen atoms in total. The van der Waals surface area contributed by atoms with E-state index in [1.54, 1.807) is 0 Å². The van der Waals surface area contributed by atoms with Gasteiger partial charge in [-0.15, -0.1) is 0 Å². The van der Waals surface area contributed by atoms with Gasteiger partial charge in [-0.1, -0.05) is 146 Å². The van der Waals surface area contributed by atoms with Crippen LogP contribution in [-0.4, -0.2) is 13.4 Å². The quantitative estimate of drug-likeness (QED) is 0.173. The highest BCUT2D eigenvalue weighted by Gasteiger charge is 2.25. The molecule has 0 bridgehead atoms. The van der Waals surface area contributed by atoms with Crippen LogP contribution in [0.5, 0.6) is 0 Å². The van der Waals surface area contributed by atoms with Crippen LogP contribution in [0.4, 0.5) is 0 Å². The Bertz CT molecular complexity index is 2410. The van der Waals surface area contributed by atoms with E-state index in [0.29, 0.717) is 0 Å². The van der Waals surface area contributed by atoms with Crippen molar-refractivity contribution in [1.82, 2.24) is 4.98 Å². The molecule has 1 aliphatic rings. The molecule has 7 aromatic carbocycles. The van der Waals surface area contributed by atoms with Gasteiger partial charge in [-0.25, -0.2) is 13.4 Å². The Balaban J connectivity index is 1.21. The summed E-state index contributed by atoms with van der Waals surface area (Å²) in [6.45, 7) is 0. The van der Waals surface area contributed by atoms with Crippen LogP contribution in [0.15, 0.2) is 188 Å². The fourth-order valence-electron chi connectivity index (χ4n) is 7.39. The molecule has 1 aromatic heterocycles. The molecule has 53 heavy (non-hydrogen) atoms. The van der Waals surface area contributed by atoms with Gasteiger partial charge in [-0.2, -0.15) is 0 Å². The van der Waals surface area contributed by atoms with Crippen molar-refractivity contribution in [3.8, 4) is 78.1 Å². The Labute approximate surface area is 310 Å². The lowest BCUT2D eigenvalue weighted by atomic mass is 9.88. The maximum absolute atomic E-state index is 13.5. The Morgan fingerprint density at radius 1 is 0.321 bits per heavy atom. The number of hydrogen-bond acceptors (Lipinski definition) is 3. The molecular formula is C49H35NO2S. The van der Waals surface area contributed by atoms with Crippen molar-refractivity contribution in [2.75, 3.05) is 0 Å². The van der Waals surface area contributed by atoms with E-state index in [2.05, 4.69) is 127 Å². The molecule has 0 aliphatic carbocycles. The molecule has 254 valence electrons. The van der Waals surface area contributed by atoms with E-state index < -0.39 is 9.84 Å². The maximum Gasteiger partial charge on any atom is 0.158 e. The fraction of sp³-hybridized carbons (Fsp3) is 0.0408. The van der Waals surface area contributed by atoms with Gasteiger partial charge in [0.05, 0.1) is 22.9 Å². The highest BCUT2D eigenvalue weighted by molar-refractivity contribution is 7.89. The summed E-state index contributed by atoms with van der Waals surface area (Å²) in [6.07, 6.45) is 0. The van der Waals surface area contributed by atoms with E-state index in [9.17, 15) is 8.42 Å². The predicted octanol–water partition coefficient (Wildman–Crippen LogP) is 12.2. The van der Waals surface area contributed by atoms with Crippen molar-refractivity contribution in [3.63, 3.8) is 0 Å². The number of sulfone groups is 1. The molecule has 0 saturated carbocycles. The number of benzene rings is 7. The van der Waals surface area contributed by atoms with Gasteiger partial charge < -0.3 is 0 Å². The molecule has 0 unspecified atom stereocenters. The van der Waals surface area contributed by atoms with Gasteiger partial charge in [0.2, 0.25) is 0 Å². The van der Waals surface area contributed by atoms with Gasteiger partial charge in [0, 0.05) is 11.1 Å². The monoisotopic (exact) mass is 701 g/mol. The standard InChI is InChI=1S/C49H35NO2S/c51-53(52)32-40-23-21-38(44-26-42(34-13-5-1-6-14-34)25-43(27-44)35-15-7-2-8-16-35)28-46(40)47-29-39(22-24-41(47)33-53)45-30-48(36-17-9-3-10-18-36)50-49(31-45)37-19-11-4-12-20-37/h1-31H,32-33H2. The zero-order chi connectivity index (χ0) is 35.8. The van der Waals surface area contributed by atoms with Gasteiger partial charge in [0.1, 0.15) is 0 Å². The first-order chi connectivity index (χ1) is 26.0. The summed E-state index contributed by atoms with van der Waals surface area (Å²) in [5.41, 5.74) is 16.1. The van der Waals surface area contributed by atoms with Crippen LogP contribution in [0.3, 0.4) is 0 Å². The number of fused-ring (bicyclic) bond motifs is 3. The van der Waals surface area contributed by atoms with E-state index in [-0.39, 0.29) is 11.5 Å². The van der Waals surface area contributed by atoms with E-state index in [1.165, 1.54) is 0 Å². The summed E-state index contributed by atoms with van der Waals surface area (Å²) >= 11 is 0. The van der Waals surface area contributed by atoms with Crippen molar-refractivity contribution in [2.45, 2.75) is 11.5 Å².